The van der Waals surface area contributed by atoms with E-state index >= 15 is 0 Å². The number of hydrogen-bond acceptors (Lipinski definition) is 4. The molecule has 1 aliphatic rings. The molecule has 0 aliphatic carbocycles. The first-order valence-corrected chi connectivity index (χ1v) is 3.89. The average Bonchev–Trinajstić information content (AvgIpc) is 2.43. The van der Waals surface area contributed by atoms with Crippen LogP contribution in [0.3, 0.4) is 0 Å². The van der Waals surface area contributed by atoms with Gasteiger partial charge >= 0.3 is 0 Å². The number of anilines is 1. The maximum Gasteiger partial charge on any atom is 0.214 e. The molecule has 4 heteroatoms. The summed E-state index contributed by atoms with van der Waals surface area (Å²) in [6, 6.07) is 5.06. The minimum atomic E-state index is -1.11. The van der Waals surface area contributed by atoms with Crippen LogP contribution in [0, 0.1) is 0 Å². The number of ether oxygens (including phenoxy) is 1. The van der Waals surface area contributed by atoms with Crippen LogP contribution in [0.25, 0.3) is 0 Å². The quantitative estimate of drug-likeness (QED) is 0.663. The van der Waals surface area contributed by atoms with Crippen LogP contribution in [0.4, 0.5) is 5.69 Å². The molecule has 1 aromatic rings. The molecule has 1 unspecified atom stereocenters. The standard InChI is InChI=1S/C9H9NO3/c1-13-5-2-3-7-6(4-5)8(11)9(12)10-7/h2-4,9-10,12H,1H3. The van der Waals surface area contributed by atoms with Crippen molar-refractivity contribution in [2.75, 3.05) is 12.4 Å². The van der Waals surface area contributed by atoms with Crippen molar-refractivity contribution in [1.82, 2.24) is 0 Å². The number of carbonyl (C=O) groups excluding carboxylic acids is 1. The van der Waals surface area contributed by atoms with E-state index in [1.54, 1.807) is 18.2 Å². The van der Waals surface area contributed by atoms with E-state index in [1.807, 2.05) is 0 Å². The van der Waals surface area contributed by atoms with Crippen LogP contribution >= 0.6 is 0 Å². The van der Waals surface area contributed by atoms with Crippen LogP contribution < -0.4 is 10.1 Å². The van der Waals surface area contributed by atoms with Gasteiger partial charge in [-0.05, 0) is 18.2 Å². The number of carbonyl (C=O) groups is 1. The van der Waals surface area contributed by atoms with Gasteiger partial charge in [-0.1, -0.05) is 0 Å². The average molecular weight is 179 g/mol. The number of ketones is 1. The predicted octanol–water partition coefficient (Wildman–Crippen LogP) is 0.622. The molecule has 2 N–H and O–H groups in total. The lowest BCUT2D eigenvalue weighted by atomic mass is 10.1. The number of hydrogen-bond donors (Lipinski definition) is 2. The van der Waals surface area contributed by atoms with E-state index in [9.17, 15) is 9.90 Å². The maximum absolute atomic E-state index is 11.3. The van der Waals surface area contributed by atoms with Crippen molar-refractivity contribution in [2.24, 2.45) is 0 Å². The lowest BCUT2D eigenvalue weighted by Crippen LogP contribution is -2.20. The molecule has 2 rings (SSSR count). The molecule has 0 spiro atoms. The summed E-state index contributed by atoms with van der Waals surface area (Å²) in [5, 5.41) is 11.8. The maximum atomic E-state index is 11.3. The monoisotopic (exact) mass is 179 g/mol. The Kier molecular flexibility index (Phi) is 1.70. The van der Waals surface area contributed by atoms with Crippen LogP contribution in [0.2, 0.25) is 0 Å². The van der Waals surface area contributed by atoms with Gasteiger partial charge in [0.1, 0.15) is 5.75 Å². The Morgan fingerprint density at radius 2 is 2.31 bits per heavy atom. The first kappa shape index (κ1) is 8.07. The molecule has 0 radical (unpaired) electrons. The molecule has 0 saturated heterocycles. The Morgan fingerprint density at radius 3 is 3.00 bits per heavy atom. The first-order chi connectivity index (χ1) is 6.22. The summed E-state index contributed by atoms with van der Waals surface area (Å²) in [4.78, 5) is 11.3. The zero-order valence-corrected chi connectivity index (χ0v) is 7.07. The van der Waals surface area contributed by atoms with Gasteiger partial charge in [-0.3, -0.25) is 4.79 Å². The molecule has 0 fully saturated rings. The first-order valence-electron chi connectivity index (χ1n) is 3.89. The Balaban J connectivity index is 2.48. The van der Waals surface area contributed by atoms with Crippen LogP contribution in [-0.4, -0.2) is 24.2 Å². The van der Waals surface area contributed by atoms with Crippen molar-refractivity contribution in [3.05, 3.63) is 23.8 Å². The molecule has 1 aromatic carbocycles. The zero-order valence-electron chi connectivity index (χ0n) is 7.07. The van der Waals surface area contributed by atoms with Crippen molar-refractivity contribution in [3.63, 3.8) is 0 Å². The molecule has 0 aromatic heterocycles. The minimum absolute atomic E-state index is 0.311. The van der Waals surface area contributed by atoms with Gasteiger partial charge in [0, 0.05) is 11.3 Å². The fourth-order valence-corrected chi connectivity index (χ4v) is 1.34. The zero-order chi connectivity index (χ0) is 9.42. The third kappa shape index (κ3) is 1.15. The van der Waals surface area contributed by atoms with Gasteiger partial charge in [0.25, 0.3) is 0 Å². The van der Waals surface area contributed by atoms with Gasteiger partial charge in [-0.15, -0.1) is 0 Å². The van der Waals surface area contributed by atoms with E-state index in [0.29, 0.717) is 17.0 Å². The number of rotatable bonds is 1. The highest BCUT2D eigenvalue weighted by molar-refractivity contribution is 6.09. The number of benzene rings is 1. The van der Waals surface area contributed by atoms with Gasteiger partial charge in [0.05, 0.1) is 7.11 Å². The predicted molar refractivity (Wildman–Crippen MR) is 47.0 cm³/mol. The molecule has 0 saturated carbocycles. The second-order valence-electron chi connectivity index (χ2n) is 2.82. The minimum Gasteiger partial charge on any atom is -0.497 e. The molecule has 68 valence electrons. The summed E-state index contributed by atoms with van der Waals surface area (Å²) in [7, 11) is 1.53. The number of Topliss-reactive ketones (excluding diaryl/α,β-unsaturated/α-hetero) is 1. The molecule has 4 nitrogen and oxygen atoms in total. The molecular formula is C9H9NO3. The van der Waals surface area contributed by atoms with Gasteiger partial charge in [0.2, 0.25) is 5.78 Å². The SMILES string of the molecule is COc1ccc2c(c1)C(=O)C(O)N2. The molecule has 0 bridgehead atoms. The van der Waals surface area contributed by atoms with E-state index in [-0.39, 0.29) is 5.78 Å². The number of fused-ring (bicyclic) bond motifs is 1. The van der Waals surface area contributed by atoms with Crippen molar-refractivity contribution in [3.8, 4) is 5.75 Å². The van der Waals surface area contributed by atoms with Crippen molar-refractivity contribution in [1.29, 1.82) is 0 Å². The molecule has 1 heterocycles. The summed E-state index contributed by atoms with van der Waals surface area (Å²) in [6.07, 6.45) is -1.11. The Morgan fingerprint density at radius 1 is 1.54 bits per heavy atom. The molecule has 0 amide bonds. The highest BCUT2D eigenvalue weighted by Gasteiger charge is 2.28. The summed E-state index contributed by atoms with van der Waals surface area (Å²) < 4.78 is 4.96. The van der Waals surface area contributed by atoms with E-state index in [2.05, 4.69) is 5.32 Å². The molecule has 1 atom stereocenters. The fourth-order valence-electron chi connectivity index (χ4n) is 1.34. The number of aliphatic hydroxyl groups excluding tert-OH is 1. The molecular weight excluding hydrogens is 170 g/mol. The highest BCUT2D eigenvalue weighted by Crippen LogP contribution is 2.28. The second-order valence-corrected chi connectivity index (χ2v) is 2.82. The van der Waals surface area contributed by atoms with Crippen molar-refractivity contribution < 1.29 is 14.6 Å². The highest BCUT2D eigenvalue weighted by atomic mass is 16.5. The third-order valence-corrected chi connectivity index (χ3v) is 2.03. The fraction of sp³-hybridized carbons (Fsp3) is 0.222. The summed E-state index contributed by atoms with van der Waals surface area (Å²) in [5.41, 5.74) is 1.13. The van der Waals surface area contributed by atoms with Gasteiger partial charge in [0.15, 0.2) is 6.23 Å². The van der Waals surface area contributed by atoms with Crippen LogP contribution in [0.5, 0.6) is 5.75 Å². The van der Waals surface area contributed by atoms with Crippen LogP contribution in [0.15, 0.2) is 18.2 Å². The van der Waals surface area contributed by atoms with Crippen molar-refractivity contribution in [2.45, 2.75) is 6.23 Å². The lowest BCUT2D eigenvalue weighted by molar-refractivity contribution is 0.0814. The molecule has 13 heavy (non-hydrogen) atoms. The smallest absolute Gasteiger partial charge is 0.214 e. The summed E-state index contributed by atoms with van der Waals surface area (Å²) in [5.74, 6) is 0.303. The van der Waals surface area contributed by atoms with Crippen LogP contribution in [-0.2, 0) is 0 Å². The van der Waals surface area contributed by atoms with Crippen molar-refractivity contribution >= 4 is 11.5 Å². The van der Waals surface area contributed by atoms with Gasteiger partial charge in [-0.25, -0.2) is 0 Å². The Bertz CT molecular complexity index is 362. The van der Waals surface area contributed by atoms with E-state index in [0.717, 1.165) is 0 Å². The summed E-state index contributed by atoms with van der Waals surface area (Å²) in [6.45, 7) is 0. The van der Waals surface area contributed by atoms with E-state index in [4.69, 9.17) is 4.74 Å². The van der Waals surface area contributed by atoms with Crippen LogP contribution in [0.1, 0.15) is 10.4 Å². The Labute approximate surface area is 75.1 Å². The number of methoxy groups -OCH3 is 1. The Hall–Kier alpha value is -1.55. The van der Waals surface area contributed by atoms with Gasteiger partial charge < -0.3 is 15.2 Å². The normalized spacial score (nSPS) is 19.5. The largest absolute Gasteiger partial charge is 0.497 e. The molecule has 1 aliphatic heterocycles. The third-order valence-electron chi connectivity index (χ3n) is 2.03. The number of aliphatic hydroxyl groups is 1. The lowest BCUT2D eigenvalue weighted by Gasteiger charge is -2.01. The van der Waals surface area contributed by atoms with E-state index in [1.165, 1.54) is 7.11 Å². The second kappa shape index (κ2) is 2.74. The van der Waals surface area contributed by atoms with E-state index < -0.39 is 6.23 Å². The summed E-state index contributed by atoms with van der Waals surface area (Å²) >= 11 is 0. The number of nitrogens with one attached hydrogen (secondary N) is 1. The topological polar surface area (TPSA) is 58.6 Å². The van der Waals surface area contributed by atoms with Gasteiger partial charge in [-0.2, -0.15) is 0 Å².